The fraction of sp³-hybridized carbons (Fsp3) is 0.600. The maximum atomic E-state index is 14.1. The summed E-state index contributed by atoms with van der Waals surface area (Å²) in [7, 11) is 0. The van der Waals surface area contributed by atoms with Gasteiger partial charge in [0.05, 0.1) is 0 Å². The van der Waals surface area contributed by atoms with E-state index in [9.17, 15) is 8.78 Å². The molecule has 0 radical (unpaired) electrons. The number of benzene rings is 1. The number of hydrogen-bond acceptors (Lipinski definition) is 1. The summed E-state index contributed by atoms with van der Waals surface area (Å²) in [5.74, 6) is -0.477. The molecule has 102 valence electrons. The van der Waals surface area contributed by atoms with Crippen LogP contribution in [0.25, 0.3) is 0 Å². The Morgan fingerprint density at radius 3 is 2.44 bits per heavy atom. The van der Waals surface area contributed by atoms with Crippen molar-refractivity contribution in [1.82, 2.24) is 5.32 Å². The van der Waals surface area contributed by atoms with Crippen LogP contribution in [-0.4, -0.2) is 6.54 Å². The van der Waals surface area contributed by atoms with Gasteiger partial charge in [0.1, 0.15) is 11.6 Å². The first kappa shape index (κ1) is 15.1. The van der Waals surface area contributed by atoms with Gasteiger partial charge in [-0.25, -0.2) is 8.78 Å². The molecule has 3 heteroatoms. The highest BCUT2D eigenvalue weighted by Gasteiger charge is 2.21. The number of halogens is 2. The molecular formula is C15H23F2N. The van der Waals surface area contributed by atoms with Crippen LogP contribution in [0.5, 0.6) is 0 Å². The van der Waals surface area contributed by atoms with E-state index in [0.717, 1.165) is 19.4 Å². The Morgan fingerprint density at radius 2 is 1.89 bits per heavy atom. The SMILES string of the molecule is CCCNC(CC(C)C)c1c(F)ccc(C)c1F. The third kappa shape index (κ3) is 3.77. The minimum atomic E-state index is -0.452. The Labute approximate surface area is 109 Å². The zero-order valence-electron chi connectivity index (χ0n) is 11.7. The van der Waals surface area contributed by atoms with Gasteiger partial charge in [0, 0.05) is 11.6 Å². The van der Waals surface area contributed by atoms with Crippen molar-refractivity contribution in [3.05, 3.63) is 34.9 Å². The molecule has 0 aromatic heterocycles. The predicted octanol–water partition coefficient (Wildman–Crippen LogP) is 4.36. The Kier molecular flexibility index (Phi) is 5.73. The summed E-state index contributed by atoms with van der Waals surface area (Å²) in [6.45, 7) is 8.61. The molecule has 0 bridgehead atoms. The van der Waals surface area contributed by atoms with E-state index >= 15 is 0 Å². The largest absolute Gasteiger partial charge is 0.310 e. The number of rotatable bonds is 6. The van der Waals surface area contributed by atoms with Crippen LogP contribution in [-0.2, 0) is 0 Å². The molecule has 1 aromatic rings. The van der Waals surface area contributed by atoms with E-state index in [2.05, 4.69) is 19.2 Å². The van der Waals surface area contributed by atoms with E-state index in [4.69, 9.17) is 0 Å². The summed E-state index contributed by atoms with van der Waals surface area (Å²) in [5, 5.41) is 3.25. The van der Waals surface area contributed by atoms with Crippen molar-refractivity contribution in [2.24, 2.45) is 5.92 Å². The molecule has 0 spiro atoms. The van der Waals surface area contributed by atoms with Crippen molar-refractivity contribution in [2.75, 3.05) is 6.54 Å². The predicted molar refractivity (Wildman–Crippen MR) is 71.6 cm³/mol. The second-order valence-corrected chi connectivity index (χ2v) is 5.23. The molecule has 18 heavy (non-hydrogen) atoms. The van der Waals surface area contributed by atoms with E-state index in [1.807, 2.05) is 6.92 Å². The lowest BCUT2D eigenvalue weighted by Gasteiger charge is -2.22. The van der Waals surface area contributed by atoms with Crippen LogP contribution < -0.4 is 5.32 Å². The number of aryl methyl sites for hydroxylation is 1. The van der Waals surface area contributed by atoms with E-state index in [-0.39, 0.29) is 11.6 Å². The van der Waals surface area contributed by atoms with Gasteiger partial charge in [-0.3, -0.25) is 0 Å². The lowest BCUT2D eigenvalue weighted by atomic mass is 9.94. The lowest BCUT2D eigenvalue weighted by Crippen LogP contribution is -2.25. The van der Waals surface area contributed by atoms with E-state index < -0.39 is 11.6 Å². The summed E-state index contributed by atoms with van der Waals surface area (Å²) >= 11 is 0. The average molecular weight is 255 g/mol. The molecule has 1 N–H and O–H groups in total. The van der Waals surface area contributed by atoms with Crippen molar-refractivity contribution in [2.45, 2.75) is 46.6 Å². The monoisotopic (exact) mass is 255 g/mol. The van der Waals surface area contributed by atoms with Gasteiger partial charge in [0.2, 0.25) is 0 Å². The zero-order valence-corrected chi connectivity index (χ0v) is 11.7. The van der Waals surface area contributed by atoms with Gasteiger partial charge in [0.25, 0.3) is 0 Å². The van der Waals surface area contributed by atoms with E-state index in [1.165, 1.54) is 12.1 Å². The normalized spacial score (nSPS) is 13.1. The van der Waals surface area contributed by atoms with Gasteiger partial charge in [-0.05, 0) is 43.9 Å². The summed E-state index contributed by atoms with van der Waals surface area (Å²) in [4.78, 5) is 0. The first-order valence-corrected chi connectivity index (χ1v) is 6.65. The molecule has 0 saturated heterocycles. The maximum Gasteiger partial charge on any atom is 0.133 e. The van der Waals surface area contributed by atoms with Gasteiger partial charge in [-0.15, -0.1) is 0 Å². The molecule has 1 aromatic carbocycles. The van der Waals surface area contributed by atoms with Gasteiger partial charge >= 0.3 is 0 Å². The Morgan fingerprint density at radius 1 is 1.22 bits per heavy atom. The van der Waals surface area contributed by atoms with Crippen molar-refractivity contribution in [1.29, 1.82) is 0 Å². The standard InChI is InChI=1S/C15H23F2N/c1-5-8-18-13(9-10(2)3)14-12(16)7-6-11(4)15(14)17/h6-7,10,13,18H,5,8-9H2,1-4H3. The van der Waals surface area contributed by atoms with Crippen LogP contribution in [0.4, 0.5) is 8.78 Å². The van der Waals surface area contributed by atoms with E-state index in [1.54, 1.807) is 6.92 Å². The molecule has 1 rings (SSSR count). The molecule has 0 aliphatic carbocycles. The molecular weight excluding hydrogens is 232 g/mol. The van der Waals surface area contributed by atoms with E-state index in [0.29, 0.717) is 11.5 Å². The first-order valence-electron chi connectivity index (χ1n) is 6.65. The fourth-order valence-corrected chi connectivity index (χ4v) is 2.09. The van der Waals surface area contributed by atoms with Crippen molar-refractivity contribution >= 4 is 0 Å². The Bertz CT molecular complexity index is 388. The smallest absolute Gasteiger partial charge is 0.133 e. The Hall–Kier alpha value is -0.960. The van der Waals surface area contributed by atoms with Crippen LogP contribution in [0.2, 0.25) is 0 Å². The summed E-state index contributed by atoms with van der Waals surface area (Å²) in [6, 6.07) is 2.60. The molecule has 0 saturated carbocycles. The van der Waals surface area contributed by atoms with Gasteiger partial charge in [-0.1, -0.05) is 26.8 Å². The second-order valence-electron chi connectivity index (χ2n) is 5.23. The average Bonchev–Trinajstić information content (AvgIpc) is 2.30. The molecule has 0 aliphatic rings. The molecule has 1 atom stereocenters. The number of hydrogen-bond donors (Lipinski definition) is 1. The molecule has 1 nitrogen and oxygen atoms in total. The number of nitrogens with one attached hydrogen (secondary N) is 1. The maximum absolute atomic E-state index is 14.1. The third-order valence-electron chi connectivity index (χ3n) is 3.02. The molecule has 0 fully saturated rings. The highest BCUT2D eigenvalue weighted by Crippen LogP contribution is 2.28. The van der Waals surface area contributed by atoms with Crippen LogP contribution in [0.3, 0.4) is 0 Å². The third-order valence-corrected chi connectivity index (χ3v) is 3.02. The van der Waals surface area contributed by atoms with Crippen molar-refractivity contribution in [3.8, 4) is 0 Å². The minimum absolute atomic E-state index is 0.192. The van der Waals surface area contributed by atoms with Crippen LogP contribution in [0, 0.1) is 24.5 Å². The highest BCUT2D eigenvalue weighted by atomic mass is 19.1. The highest BCUT2D eigenvalue weighted by molar-refractivity contribution is 5.29. The first-order chi connectivity index (χ1) is 8.47. The zero-order chi connectivity index (χ0) is 13.7. The van der Waals surface area contributed by atoms with Gasteiger partial charge < -0.3 is 5.32 Å². The van der Waals surface area contributed by atoms with Crippen LogP contribution >= 0.6 is 0 Å². The van der Waals surface area contributed by atoms with Gasteiger partial charge in [0.15, 0.2) is 0 Å². The minimum Gasteiger partial charge on any atom is -0.310 e. The van der Waals surface area contributed by atoms with Gasteiger partial charge in [-0.2, -0.15) is 0 Å². The van der Waals surface area contributed by atoms with Crippen molar-refractivity contribution < 1.29 is 8.78 Å². The Balaban J connectivity index is 3.07. The lowest BCUT2D eigenvalue weighted by molar-refractivity contribution is 0.399. The summed E-state index contributed by atoms with van der Waals surface area (Å²) < 4.78 is 28.0. The topological polar surface area (TPSA) is 12.0 Å². The molecule has 1 unspecified atom stereocenters. The molecule has 0 heterocycles. The fourth-order valence-electron chi connectivity index (χ4n) is 2.09. The molecule has 0 amide bonds. The second kappa shape index (κ2) is 6.83. The quantitative estimate of drug-likeness (QED) is 0.796. The van der Waals surface area contributed by atoms with Crippen molar-refractivity contribution in [3.63, 3.8) is 0 Å². The van der Waals surface area contributed by atoms with Crippen LogP contribution in [0.15, 0.2) is 12.1 Å². The molecule has 0 aliphatic heterocycles. The summed E-state index contributed by atoms with van der Waals surface area (Å²) in [6.07, 6.45) is 1.68. The van der Waals surface area contributed by atoms with Crippen LogP contribution in [0.1, 0.15) is 50.8 Å². The summed E-state index contributed by atoms with van der Waals surface area (Å²) in [5.41, 5.74) is 0.690.